The highest BCUT2D eigenvalue weighted by Crippen LogP contribution is 2.22. The Morgan fingerprint density at radius 3 is 2.78 bits per heavy atom. The van der Waals surface area contributed by atoms with Crippen LogP contribution in [0, 0.1) is 11.6 Å². The van der Waals surface area contributed by atoms with Crippen molar-refractivity contribution in [2.24, 2.45) is 0 Å². The van der Waals surface area contributed by atoms with Crippen molar-refractivity contribution in [3.63, 3.8) is 0 Å². The van der Waals surface area contributed by atoms with Gasteiger partial charge in [-0.15, -0.1) is 11.3 Å². The van der Waals surface area contributed by atoms with Crippen LogP contribution in [-0.2, 0) is 6.42 Å². The number of hydrogen-bond donors (Lipinski definition) is 2. The second kappa shape index (κ2) is 5.62. The van der Waals surface area contributed by atoms with Gasteiger partial charge in [0.25, 0.3) is 0 Å². The summed E-state index contributed by atoms with van der Waals surface area (Å²) in [4.78, 5) is 4.78. The Morgan fingerprint density at radius 2 is 2.11 bits per heavy atom. The Kier molecular flexibility index (Phi) is 4.13. The first-order valence-corrected chi connectivity index (χ1v) is 6.77. The summed E-state index contributed by atoms with van der Waals surface area (Å²) in [5.74, 6) is -1.92. The SMILES string of the molecule is Nc1nc(NCCc2ccc(Br)s2)c(F)cc1F. The van der Waals surface area contributed by atoms with Gasteiger partial charge in [-0.05, 0) is 34.5 Å². The molecule has 0 amide bonds. The highest BCUT2D eigenvalue weighted by atomic mass is 79.9. The third-order valence-electron chi connectivity index (χ3n) is 2.25. The average molecular weight is 334 g/mol. The van der Waals surface area contributed by atoms with Crippen molar-refractivity contribution in [1.82, 2.24) is 4.98 Å². The summed E-state index contributed by atoms with van der Waals surface area (Å²) >= 11 is 4.98. The van der Waals surface area contributed by atoms with Crippen LogP contribution in [-0.4, -0.2) is 11.5 Å². The van der Waals surface area contributed by atoms with Crippen LogP contribution in [0.4, 0.5) is 20.4 Å². The van der Waals surface area contributed by atoms with E-state index in [9.17, 15) is 8.78 Å². The molecule has 0 aliphatic rings. The molecule has 2 rings (SSSR count). The molecule has 0 radical (unpaired) electrons. The van der Waals surface area contributed by atoms with E-state index in [0.29, 0.717) is 6.54 Å². The maximum Gasteiger partial charge on any atom is 0.168 e. The molecule has 0 fully saturated rings. The number of nitrogens with one attached hydrogen (secondary N) is 1. The first-order valence-electron chi connectivity index (χ1n) is 5.16. The van der Waals surface area contributed by atoms with E-state index in [-0.39, 0.29) is 11.6 Å². The van der Waals surface area contributed by atoms with Crippen LogP contribution in [0.2, 0.25) is 0 Å². The summed E-state index contributed by atoms with van der Waals surface area (Å²) in [7, 11) is 0. The van der Waals surface area contributed by atoms with Gasteiger partial charge in [0, 0.05) is 17.5 Å². The largest absolute Gasteiger partial charge is 0.381 e. The molecule has 18 heavy (non-hydrogen) atoms. The standard InChI is InChI=1S/C11H10BrF2N3S/c12-9-2-1-6(18-9)3-4-16-11-8(14)5-7(13)10(15)17-11/h1-2,5H,3-4H2,(H3,15,16,17). The van der Waals surface area contributed by atoms with E-state index in [2.05, 4.69) is 26.2 Å². The summed E-state index contributed by atoms with van der Waals surface area (Å²) in [6.45, 7) is 0.502. The summed E-state index contributed by atoms with van der Waals surface area (Å²) in [5.41, 5.74) is 5.28. The van der Waals surface area contributed by atoms with E-state index in [1.165, 1.54) is 0 Å². The highest BCUT2D eigenvalue weighted by Gasteiger charge is 2.09. The molecule has 7 heteroatoms. The van der Waals surface area contributed by atoms with Crippen molar-refractivity contribution in [2.75, 3.05) is 17.6 Å². The van der Waals surface area contributed by atoms with Gasteiger partial charge in [0.2, 0.25) is 0 Å². The van der Waals surface area contributed by atoms with Crippen LogP contribution >= 0.6 is 27.3 Å². The van der Waals surface area contributed by atoms with E-state index >= 15 is 0 Å². The zero-order valence-corrected chi connectivity index (χ0v) is 11.6. The van der Waals surface area contributed by atoms with Crippen molar-refractivity contribution >= 4 is 38.9 Å². The van der Waals surface area contributed by atoms with Gasteiger partial charge in [-0.2, -0.15) is 0 Å². The average Bonchev–Trinajstić information content (AvgIpc) is 2.71. The normalized spacial score (nSPS) is 10.6. The first kappa shape index (κ1) is 13.2. The second-order valence-electron chi connectivity index (χ2n) is 3.57. The van der Waals surface area contributed by atoms with Gasteiger partial charge in [0.05, 0.1) is 3.79 Å². The van der Waals surface area contributed by atoms with Crippen molar-refractivity contribution in [2.45, 2.75) is 6.42 Å². The zero-order valence-electron chi connectivity index (χ0n) is 9.21. The van der Waals surface area contributed by atoms with Crippen molar-refractivity contribution < 1.29 is 8.78 Å². The van der Waals surface area contributed by atoms with E-state index in [1.54, 1.807) is 11.3 Å². The molecular formula is C11H10BrF2N3S. The number of nitrogens with zero attached hydrogens (tertiary/aromatic N) is 1. The fraction of sp³-hybridized carbons (Fsp3) is 0.182. The van der Waals surface area contributed by atoms with Gasteiger partial charge >= 0.3 is 0 Å². The van der Waals surface area contributed by atoms with Gasteiger partial charge in [-0.25, -0.2) is 13.8 Å². The molecule has 3 N–H and O–H groups in total. The molecule has 2 aromatic heterocycles. The van der Waals surface area contributed by atoms with Crippen molar-refractivity contribution in [1.29, 1.82) is 0 Å². The van der Waals surface area contributed by atoms with E-state index < -0.39 is 11.6 Å². The zero-order chi connectivity index (χ0) is 13.1. The molecule has 2 heterocycles. The summed E-state index contributed by atoms with van der Waals surface area (Å²) in [5, 5.41) is 2.80. The predicted molar refractivity (Wildman–Crippen MR) is 72.8 cm³/mol. The smallest absolute Gasteiger partial charge is 0.168 e. The molecule has 0 aromatic carbocycles. The molecular weight excluding hydrogens is 324 g/mol. The van der Waals surface area contributed by atoms with Crippen molar-refractivity contribution in [3.05, 3.63) is 38.5 Å². The van der Waals surface area contributed by atoms with Gasteiger partial charge in [0.15, 0.2) is 23.3 Å². The van der Waals surface area contributed by atoms with Crippen LogP contribution < -0.4 is 11.1 Å². The molecule has 0 spiro atoms. The van der Waals surface area contributed by atoms with Crippen LogP contribution in [0.1, 0.15) is 4.88 Å². The first-order chi connectivity index (χ1) is 8.56. The molecule has 0 atom stereocenters. The lowest BCUT2D eigenvalue weighted by Crippen LogP contribution is -2.09. The summed E-state index contributed by atoms with van der Waals surface area (Å²) in [6.07, 6.45) is 0.731. The Hall–Kier alpha value is -1.21. The number of anilines is 2. The minimum Gasteiger partial charge on any atom is -0.381 e. The lowest BCUT2D eigenvalue weighted by molar-refractivity contribution is 0.579. The Balaban J connectivity index is 1.96. The van der Waals surface area contributed by atoms with Crippen LogP contribution in [0.5, 0.6) is 0 Å². The maximum absolute atomic E-state index is 13.3. The summed E-state index contributed by atoms with van der Waals surface area (Å²) < 4.78 is 27.3. The van der Waals surface area contributed by atoms with Gasteiger partial charge in [-0.3, -0.25) is 0 Å². The Bertz CT molecular complexity index is 559. The second-order valence-corrected chi connectivity index (χ2v) is 6.12. The van der Waals surface area contributed by atoms with E-state index in [1.807, 2.05) is 12.1 Å². The molecule has 3 nitrogen and oxygen atoms in total. The Morgan fingerprint density at radius 1 is 1.33 bits per heavy atom. The number of rotatable bonds is 4. The molecule has 0 aliphatic heterocycles. The number of aromatic nitrogens is 1. The topological polar surface area (TPSA) is 50.9 Å². The van der Waals surface area contributed by atoms with Crippen LogP contribution in [0.25, 0.3) is 0 Å². The highest BCUT2D eigenvalue weighted by molar-refractivity contribution is 9.11. The number of halogens is 3. The predicted octanol–water partition coefficient (Wildman–Crippen LogP) is 3.42. The monoisotopic (exact) mass is 333 g/mol. The third-order valence-corrected chi connectivity index (χ3v) is 3.93. The number of nitrogens with two attached hydrogens (primary N) is 1. The van der Waals surface area contributed by atoms with Gasteiger partial charge in [-0.1, -0.05) is 0 Å². The lowest BCUT2D eigenvalue weighted by Gasteiger charge is -2.07. The number of pyridine rings is 1. The fourth-order valence-electron chi connectivity index (χ4n) is 1.39. The van der Waals surface area contributed by atoms with Gasteiger partial charge in [0.1, 0.15) is 0 Å². The molecule has 0 bridgehead atoms. The maximum atomic E-state index is 13.3. The third kappa shape index (κ3) is 3.17. The molecule has 0 aliphatic carbocycles. The fourth-order valence-corrected chi connectivity index (χ4v) is 2.88. The van der Waals surface area contributed by atoms with Gasteiger partial charge < -0.3 is 11.1 Å². The molecule has 0 saturated heterocycles. The quantitative estimate of drug-likeness (QED) is 0.901. The molecule has 0 saturated carbocycles. The van der Waals surface area contributed by atoms with Crippen molar-refractivity contribution in [3.8, 4) is 0 Å². The summed E-state index contributed by atoms with van der Waals surface area (Å²) in [6, 6.07) is 4.67. The van der Waals surface area contributed by atoms with E-state index in [4.69, 9.17) is 5.73 Å². The number of thiophene rings is 1. The van der Waals surface area contributed by atoms with E-state index in [0.717, 1.165) is 21.2 Å². The number of nitrogen functional groups attached to an aromatic ring is 1. The van der Waals surface area contributed by atoms with Crippen LogP contribution in [0.15, 0.2) is 22.0 Å². The lowest BCUT2D eigenvalue weighted by atomic mass is 10.3. The molecule has 96 valence electrons. The minimum absolute atomic E-state index is 0.0236. The Labute approximate surface area is 115 Å². The molecule has 0 unspecified atom stereocenters. The molecule has 2 aromatic rings. The minimum atomic E-state index is -0.847. The number of hydrogen-bond acceptors (Lipinski definition) is 4. The van der Waals surface area contributed by atoms with Crippen LogP contribution in [0.3, 0.4) is 0 Å².